The minimum absolute atomic E-state index is 0.0282. The van der Waals surface area contributed by atoms with E-state index in [2.05, 4.69) is 42.5 Å². The lowest BCUT2D eigenvalue weighted by molar-refractivity contribution is -0.143. The third kappa shape index (κ3) is 22.9. The molecule has 27 heteroatoms. The zero-order valence-electron chi connectivity index (χ0n) is 45.3. The number of nitrogens with one attached hydrogen (secondary N) is 8. The molecule has 9 amide bonds. The molecule has 0 radical (unpaired) electrons. The lowest BCUT2D eigenvalue weighted by atomic mass is 9.94. The summed E-state index contributed by atoms with van der Waals surface area (Å²) in [5.74, 6) is -13.7. The number of phenols is 2. The van der Waals surface area contributed by atoms with Gasteiger partial charge in [0.25, 0.3) is 0 Å². The summed E-state index contributed by atoms with van der Waals surface area (Å²) in [6, 6.07) is -3.12. The van der Waals surface area contributed by atoms with Gasteiger partial charge in [-0.05, 0) is 72.9 Å². The van der Waals surface area contributed by atoms with E-state index in [1.54, 1.807) is 41.5 Å². The molecular weight excluding hydrogens is 1040 g/mol. The summed E-state index contributed by atoms with van der Waals surface area (Å²) in [7, 11) is 0. The number of carbonyl (C=O) groups is 11. The van der Waals surface area contributed by atoms with Crippen LogP contribution in [0.2, 0.25) is 0 Å². The summed E-state index contributed by atoms with van der Waals surface area (Å²) in [6.45, 7) is 10.2. The summed E-state index contributed by atoms with van der Waals surface area (Å²) >= 11 is 0. The van der Waals surface area contributed by atoms with E-state index in [1.165, 1.54) is 48.5 Å². The average molecular weight is 1120 g/mol. The first-order chi connectivity index (χ1) is 37.0. The second kappa shape index (κ2) is 32.7. The standard InChI is InChI=1S/C52H78N10O17/c1-8-26(5)41(49(75)57-35(21-29-10-14-31(65)15-11-29)46(72)59-38(24-63)48(74)58-37(52(78)79)20-25(3)4)61-50(76)42(27(6)9-2)60-45(71)34(18-19-40(68)69)55-51(77)43(28(7)64)62-47(73)36(22-30-12-16-32(66)17-13-30)56-44(70)33(53)23-39(54)67/h10-17,25-28,33-38,41-43,63-66H,8-9,18-24,53H2,1-7H3,(H2,54,67)(H,55,77)(H,56,70)(H,57,75)(H,58,74)(H,59,72)(H,60,71)(H,61,76)(H,62,73)(H,68,69)(H,78,79)/t26-,27-,28+,33-,34-,35-,36-,37-,38-,41-,42-,43-/m0/s1. The number of aliphatic carboxylic acids is 2. The predicted molar refractivity (Wildman–Crippen MR) is 282 cm³/mol. The van der Waals surface area contributed by atoms with Gasteiger partial charge in [0.1, 0.15) is 59.8 Å². The normalized spacial score (nSPS) is 15.7. The second-order valence-corrected chi connectivity index (χ2v) is 19.9. The topological polar surface area (TPSA) is 457 Å². The molecule has 18 N–H and O–H groups in total. The molecule has 0 saturated carbocycles. The predicted octanol–water partition coefficient (Wildman–Crippen LogP) is -2.58. The maximum Gasteiger partial charge on any atom is 0.326 e. The molecule has 438 valence electrons. The van der Waals surface area contributed by atoms with Gasteiger partial charge in [-0.1, -0.05) is 78.6 Å². The van der Waals surface area contributed by atoms with Crippen molar-refractivity contribution >= 4 is 65.1 Å². The van der Waals surface area contributed by atoms with Crippen LogP contribution in [0.4, 0.5) is 0 Å². The van der Waals surface area contributed by atoms with Gasteiger partial charge in [0, 0.05) is 19.3 Å². The molecule has 0 aromatic heterocycles. The van der Waals surface area contributed by atoms with Crippen molar-refractivity contribution in [3.63, 3.8) is 0 Å². The fourth-order valence-electron chi connectivity index (χ4n) is 7.79. The van der Waals surface area contributed by atoms with E-state index in [9.17, 15) is 83.4 Å². The van der Waals surface area contributed by atoms with Gasteiger partial charge in [0.2, 0.25) is 53.2 Å². The highest BCUT2D eigenvalue weighted by Gasteiger charge is 2.38. The molecule has 2 aromatic carbocycles. The average Bonchev–Trinajstić information content (AvgIpc) is 3.38. The molecule has 0 saturated heterocycles. The molecule has 0 aliphatic carbocycles. The summed E-state index contributed by atoms with van der Waals surface area (Å²) in [5, 5.41) is 79.3. The van der Waals surface area contributed by atoms with Crippen LogP contribution in [0.1, 0.15) is 98.1 Å². The summed E-state index contributed by atoms with van der Waals surface area (Å²) < 4.78 is 0. The SMILES string of the molecule is CC[C@H](C)[C@H](NC(=O)[C@H](CCC(=O)O)NC(=O)[C@@H](NC(=O)[C@H](Cc1ccc(O)cc1)NC(=O)[C@@H](N)CC(N)=O)[C@@H](C)O)C(=O)N[C@H](C(=O)N[C@@H](Cc1ccc(O)cc1)C(=O)N[C@@H](CO)C(=O)N[C@@H](CC(C)C)C(=O)O)[C@@H](C)CC. The van der Waals surface area contributed by atoms with Crippen molar-refractivity contribution in [3.05, 3.63) is 59.7 Å². The molecule has 0 unspecified atom stereocenters. The first-order valence-corrected chi connectivity index (χ1v) is 25.8. The van der Waals surface area contributed by atoms with Crippen LogP contribution in [-0.4, -0.2) is 163 Å². The number of aliphatic hydroxyl groups excluding tert-OH is 2. The fourth-order valence-corrected chi connectivity index (χ4v) is 7.79. The fraction of sp³-hybridized carbons (Fsp3) is 0.558. The second-order valence-electron chi connectivity index (χ2n) is 19.9. The quantitative estimate of drug-likeness (QED) is 0.0342. The number of amides is 9. The number of aromatic hydroxyl groups is 2. The number of carbonyl (C=O) groups excluding carboxylic acids is 9. The lowest BCUT2D eigenvalue weighted by Crippen LogP contribution is -2.63. The van der Waals surface area contributed by atoms with Gasteiger partial charge in [0.05, 0.1) is 25.2 Å². The number of carboxylic acid groups (broad SMARTS) is 2. The monoisotopic (exact) mass is 1110 g/mol. The van der Waals surface area contributed by atoms with Gasteiger partial charge >= 0.3 is 11.9 Å². The number of rotatable bonds is 34. The third-order valence-corrected chi connectivity index (χ3v) is 12.8. The molecule has 0 bridgehead atoms. The van der Waals surface area contributed by atoms with Crippen molar-refractivity contribution in [2.45, 2.75) is 160 Å². The van der Waals surface area contributed by atoms with Crippen molar-refractivity contribution < 1.29 is 83.4 Å². The Morgan fingerprint density at radius 2 is 0.873 bits per heavy atom. The Kier molecular flexibility index (Phi) is 27.8. The smallest absolute Gasteiger partial charge is 0.326 e. The van der Waals surface area contributed by atoms with Gasteiger partial charge in [-0.25, -0.2) is 4.79 Å². The van der Waals surface area contributed by atoms with Gasteiger partial charge in [-0.15, -0.1) is 0 Å². The first-order valence-electron chi connectivity index (χ1n) is 25.8. The lowest BCUT2D eigenvalue weighted by Gasteiger charge is -2.31. The Morgan fingerprint density at radius 1 is 0.506 bits per heavy atom. The molecule has 0 spiro atoms. The van der Waals surface area contributed by atoms with E-state index in [0.29, 0.717) is 11.1 Å². The van der Waals surface area contributed by atoms with Gasteiger partial charge in [-0.2, -0.15) is 0 Å². The number of carboxylic acids is 2. The molecule has 2 aromatic rings. The number of primary amides is 1. The number of hydrogen-bond donors (Lipinski definition) is 16. The third-order valence-electron chi connectivity index (χ3n) is 12.8. The molecule has 27 nitrogen and oxygen atoms in total. The van der Waals surface area contributed by atoms with Crippen molar-refractivity contribution in [3.8, 4) is 11.5 Å². The van der Waals surface area contributed by atoms with Crippen LogP contribution >= 0.6 is 0 Å². The van der Waals surface area contributed by atoms with Gasteiger partial charge in [0.15, 0.2) is 0 Å². The zero-order chi connectivity index (χ0) is 59.8. The number of hydrogen-bond acceptors (Lipinski definition) is 16. The first kappa shape index (κ1) is 67.2. The van der Waals surface area contributed by atoms with Gasteiger partial charge < -0.3 is 84.6 Å². The van der Waals surface area contributed by atoms with Crippen LogP contribution in [0.15, 0.2) is 48.5 Å². The number of phenolic OH excluding ortho intramolecular Hbond substituents is 2. The molecule has 0 heterocycles. The highest BCUT2D eigenvalue weighted by atomic mass is 16.4. The molecular formula is C52H78N10O17. The summed E-state index contributed by atoms with van der Waals surface area (Å²) in [6.07, 6.45) is -3.60. The molecule has 79 heavy (non-hydrogen) atoms. The highest BCUT2D eigenvalue weighted by molar-refractivity contribution is 5.99. The Balaban J connectivity index is 2.47. The Bertz CT molecular complexity index is 2420. The Labute approximate surface area is 457 Å². The van der Waals surface area contributed by atoms with Crippen molar-refractivity contribution in [1.29, 1.82) is 0 Å². The van der Waals surface area contributed by atoms with E-state index < -0.39 is 163 Å². The molecule has 0 aliphatic heterocycles. The number of nitrogens with two attached hydrogens (primary N) is 2. The van der Waals surface area contributed by atoms with E-state index in [-0.39, 0.29) is 49.5 Å². The van der Waals surface area contributed by atoms with Crippen molar-refractivity contribution in [1.82, 2.24) is 42.5 Å². The summed E-state index contributed by atoms with van der Waals surface area (Å²) in [4.78, 5) is 146. The van der Waals surface area contributed by atoms with E-state index in [4.69, 9.17) is 11.5 Å². The number of benzene rings is 2. The maximum absolute atomic E-state index is 14.4. The van der Waals surface area contributed by atoms with Crippen LogP contribution < -0.4 is 54.0 Å². The van der Waals surface area contributed by atoms with Crippen LogP contribution in [0, 0.1) is 17.8 Å². The molecule has 0 fully saturated rings. The van der Waals surface area contributed by atoms with Crippen LogP contribution in [0.25, 0.3) is 0 Å². The zero-order valence-corrected chi connectivity index (χ0v) is 45.3. The van der Waals surface area contributed by atoms with E-state index >= 15 is 0 Å². The van der Waals surface area contributed by atoms with Crippen LogP contribution in [-0.2, 0) is 65.6 Å². The maximum atomic E-state index is 14.4. The van der Waals surface area contributed by atoms with Crippen molar-refractivity contribution in [2.75, 3.05) is 6.61 Å². The Morgan fingerprint density at radius 3 is 1.29 bits per heavy atom. The van der Waals surface area contributed by atoms with E-state index in [0.717, 1.165) is 6.92 Å². The van der Waals surface area contributed by atoms with Gasteiger partial charge in [-0.3, -0.25) is 47.9 Å². The highest BCUT2D eigenvalue weighted by Crippen LogP contribution is 2.17. The Hall–Kier alpha value is -7.91. The largest absolute Gasteiger partial charge is 0.508 e. The molecule has 2 rings (SSSR count). The summed E-state index contributed by atoms with van der Waals surface area (Å²) in [5.41, 5.74) is 11.8. The minimum Gasteiger partial charge on any atom is -0.508 e. The van der Waals surface area contributed by atoms with E-state index in [1.807, 2.05) is 0 Å². The van der Waals surface area contributed by atoms with Crippen molar-refractivity contribution in [2.24, 2.45) is 29.2 Å². The molecule has 0 aliphatic rings. The molecule has 12 atom stereocenters. The minimum atomic E-state index is -1.87. The van der Waals surface area contributed by atoms with Crippen LogP contribution in [0.3, 0.4) is 0 Å². The number of aliphatic hydroxyl groups is 2. The van der Waals surface area contributed by atoms with Crippen LogP contribution in [0.5, 0.6) is 11.5 Å².